The van der Waals surface area contributed by atoms with Crippen LogP contribution in [-0.4, -0.2) is 94.9 Å². The highest BCUT2D eigenvalue weighted by atomic mass is 16.4. The average Bonchev–Trinajstić information content (AvgIpc) is 3.55. The van der Waals surface area contributed by atoms with Crippen LogP contribution in [0.2, 0.25) is 0 Å². The lowest BCUT2D eigenvalue weighted by molar-refractivity contribution is -0.141. The van der Waals surface area contributed by atoms with Gasteiger partial charge >= 0.3 is 11.9 Å². The quantitative estimate of drug-likeness (QED) is 0.0783. The van der Waals surface area contributed by atoms with E-state index in [4.69, 9.17) is 16.6 Å². The summed E-state index contributed by atoms with van der Waals surface area (Å²) in [6.45, 7) is 2.73. The molecule has 216 valence electrons. The van der Waals surface area contributed by atoms with Crippen molar-refractivity contribution in [2.75, 3.05) is 13.1 Å². The average molecular weight is 555 g/mol. The molecule has 5 amide bonds. The van der Waals surface area contributed by atoms with Gasteiger partial charge in [0.1, 0.15) is 18.1 Å². The summed E-state index contributed by atoms with van der Waals surface area (Å²) in [5.41, 5.74) is 10.6. The first-order valence-electron chi connectivity index (χ1n) is 12.2. The summed E-state index contributed by atoms with van der Waals surface area (Å²) in [4.78, 5) is 90.9. The molecule has 1 aliphatic carbocycles. The van der Waals surface area contributed by atoms with Crippen LogP contribution in [0.15, 0.2) is 4.99 Å². The van der Waals surface area contributed by atoms with Crippen molar-refractivity contribution in [1.82, 2.24) is 26.6 Å². The largest absolute Gasteiger partial charge is 0.481 e. The molecule has 2 fully saturated rings. The number of fused-ring (bicyclic) bond motifs is 1. The Morgan fingerprint density at radius 1 is 0.923 bits per heavy atom. The number of nitrogens with zero attached hydrogens (tertiary/aromatic N) is 1. The number of nitrogens with two attached hydrogens (primary N) is 2. The highest BCUT2D eigenvalue weighted by Gasteiger charge is 2.61. The van der Waals surface area contributed by atoms with Crippen molar-refractivity contribution in [3.05, 3.63) is 0 Å². The fourth-order valence-electron chi connectivity index (χ4n) is 4.13. The number of hydrogen-bond donors (Lipinski definition) is 9. The molecule has 1 heterocycles. The van der Waals surface area contributed by atoms with E-state index in [1.807, 2.05) is 0 Å². The maximum atomic E-state index is 13.1. The number of aliphatic imine (C=N–C) groups is 1. The van der Waals surface area contributed by atoms with Crippen molar-refractivity contribution in [3.8, 4) is 0 Å². The standard InChI is InChI=1S/C22H34N8O9/c1-8(2)15-20(37)28-9(4-3-5-25-22(23)24)17(34)26-7-11(31)27-10(6-12(32)33)18(35)30-16-13(19(36)29-15)14(16)21(38)39/h8-10,13-16H,3-7H2,1-2H3,(H,26,34)(H,27,31)(H,28,37)(H,29,36)(H,30,35)(H,32,33)(H,38,39)(H4,23,24,25)/t9-,10-,13+,14+,15-,16+/m0/s1. The molecule has 1 aliphatic heterocycles. The van der Waals surface area contributed by atoms with E-state index in [0.29, 0.717) is 0 Å². The van der Waals surface area contributed by atoms with E-state index < -0.39 is 96.4 Å². The zero-order valence-corrected chi connectivity index (χ0v) is 21.4. The van der Waals surface area contributed by atoms with Gasteiger partial charge in [-0.25, -0.2) is 0 Å². The SMILES string of the molecule is CC(C)[C@@H]1NC(=O)[C@H]2[C@@H](NC(=O)[C@H](CC(=O)O)NC(=O)CNC(=O)[C@H](CCCN=C(N)N)NC1=O)[C@@H]2C(=O)O. The molecule has 0 spiro atoms. The Morgan fingerprint density at radius 2 is 1.59 bits per heavy atom. The molecule has 0 unspecified atom stereocenters. The number of aliphatic carboxylic acids is 2. The van der Waals surface area contributed by atoms with Crippen LogP contribution in [-0.2, 0) is 33.6 Å². The molecule has 0 aromatic rings. The smallest absolute Gasteiger partial charge is 0.309 e. The topological polar surface area (TPSA) is 285 Å². The molecule has 0 bridgehead atoms. The molecule has 17 heteroatoms. The third-order valence-electron chi connectivity index (χ3n) is 6.20. The van der Waals surface area contributed by atoms with Gasteiger partial charge in [0.25, 0.3) is 0 Å². The number of carboxylic acid groups (broad SMARTS) is 2. The lowest BCUT2D eigenvalue weighted by Gasteiger charge is -2.26. The van der Waals surface area contributed by atoms with Crippen molar-refractivity contribution in [2.45, 2.75) is 57.3 Å². The van der Waals surface area contributed by atoms with E-state index in [-0.39, 0.29) is 25.3 Å². The highest BCUT2D eigenvalue weighted by molar-refractivity contribution is 5.99. The number of carbonyl (C=O) groups excluding carboxylic acids is 5. The predicted molar refractivity (Wildman–Crippen MR) is 132 cm³/mol. The Balaban J connectivity index is 2.36. The van der Waals surface area contributed by atoms with Crippen LogP contribution in [0.1, 0.15) is 33.1 Å². The Kier molecular flexibility index (Phi) is 10.6. The Labute approximate surface area is 222 Å². The highest BCUT2D eigenvalue weighted by Crippen LogP contribution is 2.40. The summed E-state index contributed by atoms with van der Waals surface area (Å²) in [7, 11) is 0. The third kappa shape index (κ3) is 8.82. The molecule has 0 radical (unpaired) electrons. The second-order valence-electron chi connectivity index (χ2n) is 9.60. The Morgan fingerprint density at radius 3 is 2.15 bits per heavy atom. The molecular weight excluding hydrogens is 520 g/mol. The number of amides is 5. The summed E-state index contributed by atoms with van der Waals surface area (Å²) < 4.78 is 0. The third-order valence-corrected chi connectivity index (χ3v) is 6.20. The second kappa shape index (κ2) is 13.4. The summed E-state index contributed by atoms with van der Waals surface area (Å²) in [6, 6.07) is -5.16. The first-order chi connectivity index (χ1) is 18.2. The Bertz CT molecular complexity index is 1040. The molecule has 0 aromatic heterocycles. The van der Waals surface area contributed by atoms with Gasteiger partial charge in [0.05, 0.1) is 30.8 Å². The number of carbonyl (C=O) groups is 7. The minimum Gasteiger partial charge on any atom is -0.481 e. The van der Waals surface area contributed by atoms with Crippen LogP contribution in [0.25, 0.3) is 0 Å². The van der Waals surface area contributed by atoms with Gasteiger partial charge < -0.3 is 48.3 Å². The monoisotopic (exact) mass is 554 g/mol. The van der Waals surface area contributed by atoms with Crippen LogP contribution < -0.4 is 38.1 Å². The summed E-state index contributed by atoms with van der Waals surface area (Å²) >= 11 is 0. The van der Waals surface area contributed by atoms with Crippen molar-refractivity contribution >= 4 is 47.4 Å². The van der Waals surface area contributed by atoms with Crippen molar-refractivity contribution in [3.63, 3.8) is 0 Å². The van der Waals surface area contributed by atoms with E-state index in [0.717, 1.165) is 0 Å². The lowest BCUT2D eigenvalue weighted by atomic mass is 10.0. The van der Waals surface area contributed by atoms with E-state index in [1.54, 1.807) is 13.8 Å². The van der Waals surface area contributed by atoms with Crippen molar-refractivity contribution in [2.24, 2.45) is 34.2 Å². The zero-order valence-electron chi connectivity index (χ0n) is 21.4. The normalized spacial score (nSPS) is 28.1. The molecule has 17 nitrogen and oxygen atoms in total. The Hall–Kier alpha value is -4.44. The van der Waals surface area contributed by atoms with Crippen LogP contribution in [0.3, 0.4) is 0 Å². The maximum absolute atomic E-state index is 13.1. The first-order valence-corrected chi connectivity index (χ1v) is 12.2. The fourth-order valence-corrected chi connectivity index (χ4v) is 4.13. The van der Waals surface area contributed by atoms with Gasteiger partial charge in [-0.15, -0.1) is 0 Å². The van der Waals surface area contributed by atoms with Crippen LogP contribution in [0.5, 0.6) is 0 Å². The van der Waals surface area contributed by atoms with Crippen molar-refractivity contribution in [1.29, 1.82) is 0 Å². The number of guanidine groups is 1. The van der Waals surface area contributed by atoms with Gasteiger partial charge in [0, 0.05) is 6.54 Å². The summed E-state index contributed by atoms with van der Waals surface area (Å²) in [5.74, 6) is -10.3. The van der Waals surface area contributed by atoms with Gasteiger partial charge in [-0.1, -0.05) is 13.8 Å². The summed E-state index contributed by atoms with van der Waals surface area (Å²) in [6.07, 6.45) is -0.539. The van der Waals surface area contributed by atoms with Gasteiger partial charge in [-0.3, -0.25) is 38.6 Å². The van der Waals surface area contributed by atoms with Gasteiger partial charge in [-0.05, 0) is 18.8 Å². The molecule has 39 heavy (non-hydrogen) atoms. The fraction of sp³-hybridized carbons (Fsp3) is 0.636. The van der Waals surface area contributed by atoms with Gasteiger partial charge in [-0.2, -0.15) is 0 Å². The van der Waals surface area contributed by atoms with E-state index in [9.17, 15) is 38.7 Å². The van der Waals surface area contributed by atoms with Crippen LogP contribution >= 0.6 is 0 Å². The molecule has 2 rings (SSSR count). The van der Waals surface area contributed by atoms with Crippen LogP contribution in [0.4, 0.5) is 0 Å². The molecule has 6 atom stereocenters. The molecular formula is C22H34N8O9. The molecule has 2 aliphatic rings. The minimum absolute atomic E-state index is 0.0462. The predicted octanol–water partition coefficient (Wildman–Crippen LogP) is -4.43. The number of carboxylic acids is 2. The number of rotatable bonds is 8. The van der Waals surface area contributed by atoms with Crippen molar-refractivity contribution < 1.29 is 43.8 Å². The van der Waals surface area contributed by atoms with E-state index in [1.165, 1.54) is 0 Å². The number of nitrogens with one attached hydrogen (secondary N) is 5. The molecule has 1 saturated heterocycles. The maximum Gasteiger partial charge on any atom is 0.309 e. The van der Waals surface area contributed by atoms with E-state index >= 15 is 0 Å². The first kappa shape index (κ1) is 30.8. The molecule has 11 N–H and O–H groups in total. The van der Waals surface area contributed by atoms with E-state index in [2.05, 4.69) is 31.6 Å². The molecule has 0 aromatic carbocycles. The lowest BCUT2D eigenvalue weighted by Crippen LogP contribution is -2.57. The van der Waals surface area contributed by atoms with Gasteiger partial charge in [0.2, 0.25) is 29.5 Å². The number of hydrogen-bond acceptors (Lipinski definition) is 8. The van der Waals surface area contributed by atoms with Crippen LogP contribution in [0, 0.1) is 17.8 Å². The zero-order chi connectivity index (χ0) is 29.4. The second-order valence-corrected chi connectivity index (χ2v) is 9.60. The minimum atomic E-state index is -1.61. The van der Waals surface area contributed by atoms with Gasteiger partial charge in [0.15, 0.2) is 5.96 Å². The molecule has 1 saturated carbocycles. The summed E-state index contributed by atoms with van der Waals surface area (Å²) in [5, 5.41) is 30.5.